The maximum atomic E-state index is 6.65. The third-order valence-electron chi connectivity index (χ3n) is 8.60. The average molecular weight is 606 g/mol. The van der Waals surface area contributed by atoms with Crippen LogP contribution >= 0.6 is 0 Å². The van der Waals surface area contributed by atoms with Crippen LogP contribution in [0.25, 0.3) is 55.0 Å². The van der Waals surface area contributed by atoms with Crippen molar-refractivity contribution in [1.82, 2.24) is 0 Å². The van der Waals surface area contributed by atoms with Crippen LogP contribution in [0.3, 0.4) is 0 Å². The van der Waals surface area contributed by atoms with Crippen LogP contribution in [0.5, 0.6) is 0 Å². The van der Waals surface area contributed by atoms with Crippen molar-refractivity contribution >= 4 is 44.4 Å². The van der Waals surface area contributed by atoms with Gasteiger partial charge in [0, 0.05) is 21.9 Å². The van der Waals surface area contributed by atoms with Gasteiger partial charge in [0.1, 0.15) is 17.0 Å². The second-order valence-electron chi connectivity index (χ2n) is 11.6. The van der Waals surface area contributed by atoms with E-state index in [-0.39, 0.29) is 0 Å². The predicted octanol–water partition coefficient (Wildman–Crippen LogP) is 10.4. The van der Waals surface area contributed by atoms with Crippen molar-refractivity contribution in [1.29, 1.82) is 0 Å². The molecule has 4 nitrogen and oxygen atoms in total. The van der Waals surface area contributed by atoms with Gasteiger partial charge in [-0.15, -0.1) is 0 Å². The number of hydrogen-bond acceptors (Lipinski definition) is 2. The second kappa shape index (κ2) is 12.3. The molecule has 0 atom stereocenters. The van der Waals surface area contributed by atoms with Gasteiger partial charge in [-0.3, -0.25) is 4.99 Å². The maximum absolute atomic E-state index is 6.65. The molecular formula is C43H31N3O. The van der Waals surface area contributed by atoms with E-state index in [1.54, 1.807) is 0 Å². The number of para-hydroxylation sites is 1. The summed E-state index contributed by atoms with van der Waals surface area (Å²) in [5.74, 6) is 1.00. The quantitative estimate of drug-likeness (QED) is 0.151. The minimum Gasteiger partial charge on any atom is -0.456 e. The molecule has 8 aromatic rings. The number of hydrogen-bond donors (Lipinski definition) is 1. The van der Waals surface area contributed by atoms with Gasteiger partial charge in [-0.25, -0.2) is 4.99 Å². The fourth-order valence-electron chi connectivity index (χ4n) is 6.13. The molecule has 0 saturated heterocycles. The minimum atomic E-state index is 0.417. The highest BCUT2D eigenvalue weighted by Crippen LogP contribution is 2.35. The second-order valence-corrected chi connectivity index (χ2v) is 11.6. The lowest BCUT2D eigenvalue weighted by Gasteiger charge is -2.09. The molecule has 1 aromatic heterocycles. The smallest absolute Gasteiger partial charge is 0.157 e. The van der Waals surface area contributed by atoms with Gasteiger partial charge in [-0.2, -0.15) is 0 Å². The highest BCUT2D eigenvalue weighted by Gasteiger charge is 2.12. The van der Waals surface area contributed by atoms with Gasteiger partial charge in [0.15, 0.2) is 5.84 Å². The number of benzene rings is 7. The van der Waals surface area contributed by atoms with Crippen molar-refractivity contribution in [2.45, 2.75) is 6.54 Å². The fraction of sp³-hybridized carbons (Fsp3) is 0.0233. The van der Waals surface area contributed by atoms with E-state index in [0.29, 0.717) is 18.2 Å². The van der Waals surface area contributed by atoms with E-state index in [2.05, 4.69) is 103 Å². The molecular weight excluding hydrogens is 574 g/mol. The zero-order valence-corrected chi connectivity index (χ0v) is 25.7. The van der Waals surface area contributed by atoms with Crippen molar-refractivity contribution in [2.75, 3.05) is 0 Å². The van der Waals surface area contributed by atoms with Crippen LogP contribution < -0.4 is 5.73 Å². The molecule has 2 N–H and O–H groups in total. The summed E-state index contributed by atoms with van der Waals surface area (Å²) in [4.78, 5) is 9.97. The van der Waals surface area contributed by atoms with E-state index < -0.39 is 0 Å². The first-order valence-corrected chi connectivity index (χ1v) is 15.7. The van der Waals surface area contributed by atoms with Crippen LogP contribution in [-0.4, -0.2) is 11.7 Å². The predicted molar refractivity (Wildman–Crippen MR) is 196 cm³/mol. The molecule has 0 amide bonds. The molecule has 0 bridgehead atoms. The maximum Gasteiger partial charge on any atom is 0.157 e. The Balaban J connectivity index is 1.17. The van der Waals surface area contributed by atoms with Crippen LogP contribution in [0.2, 0.25) is 0 Å². The van der Waals surface area contributed by atoms with Gasteiger partial charge in [-0.05, 0) is 56.8 Å². The molecule has 0 fully saturated rings. The van der Waals surface area contributed by atoms with Gasteiger partial charge in [0.25, 0.3) is 0 Å². The van der Waals surface area contributed by atoms with Crippen LogP contribution in [0.4, 0.5) is 0 Å². The molecule has 47 heavy (non-hydrogen) atoms. The first-order valence-electron chi connectivity index (χ1n) is 15.7. The fourth-order valence-corrected chi connectivity index (χ4v) is 6.13. The minimum absolute atomic E-state index is 0.417. The van der Waals surface area contributed by atoms with E-state index in [1.165, 1.54) is 0 Å². The monoisotopic (exact) mass is 605 g/mol. The Bertz CT molecular complexity index is 2410. The van der Waals surface area contributed by atoms with Crippen molar-refractivity contribution in [2.24, 2.45) is 15.7 Å². The molecule has 0 aliphatic heterocycles. The molecule has 1 heterocycles. The summed E-state index contributed by atoms with van der Waals surface area (Å²) in [6.07, 6.45) is 0. The Morgan fingerprint density at radius 2 is 1.09 bits per heavy atom. The summed E-state index contributed by atoms with van der Waals surface area (Å²) in [6, 6.07) is 56.0. The molecule has 0 unspecified atom stereocenters. The summed E-state index contributed by atoms with van der Waals surface area (Å²) in [6.45, 7) is 0.446. The highest BCUT2D eigenvalue weighted by molar-refractivity contribution is 6.18. The Morgan fingerprint density at radius 3 is 1.77 bits per heavy atom. The number of nitrogens with zero attached hydrogens (tertiary/aromatic N) is 2. The lowest BCUT2D eigenvalue weighted by atomic mass is 10.0. The first kappa shape index (κ1) is 28.2. The van der Waals surface area contributed by atoms with Crippen LogP contribution in [0, 0.1) is 0 Å². The summed E-state index contributed by atoms with van der Waals surface area (Å²) in [5, 5.41) is 4.55. The van der Waals surface area contributed by atoms with Crippen LogP contribution in [-0.2, 0) is 6.54 Å². The third-order valence-corrected chi connectivity index (χ3v) is 8.60. The summed E-state index contributed by atoms with van der Waals surface area (Å²) in [5.41, 5.74) is 15.8. The Labute approximate surface area is 273 Å². The van der Waals surface area contributed by atoms with E-state index in [9.17, 15) is 0 Å². The normalized spacial score (nSPS) is 12.3. The lowest BCUT2D eigenvalue weighted by molar-refractivity contribution is 0.669. The Morgan fingerprint density at radius 1 is 0.511 bits per heavy atom. The average Bonchev–Trinajstić information content (AvgIpc) is 3.53. The topological polar surface area (TPSA) is 63.9 Å². The first-order chi connectivity index (χ1) is 23.2. The van der Waals surface area contributed by atoms with Crippen molar-refractivity contribution < 1.29 is 4.42 Å². The van der Waals surface area contributed by atoms with Gasteiger partial charge >= 0.3 is 0 Å². The number of furan rings is 1. The Hall–Kier alpha value is -6.26. The number of rotatable bonds is 6. The Kier molecular flexibility index (Phi) is 7.37. The molecule has 7 aromatic carbocycles. The molecule has 0 radical (unpaired) electrons. The molecule has 0 spiro atoms. The summed E-state index contributed by atoms with van der Waals surface area (Å²) in [7, 11) is 0. The molecule has 4 heteroatoms. The van der Waals surface area contributed by atoms with E-state index in [0.717, 1.165) is 71.7 Å². The van der Waals surface area contributed by atoms with Gasteiger partial charge in [0.2, 0.25) is 0 Å². The number of fused-ring (bicyclic) bond motifs is 5. The highest BCUT2D eigenvalue weighted by atomic mass is 16.3. The van der Waals surface area contributed by atoms with Crippen molar-refractivity contribution in [3.63, 3.8) is 0 Å². The molecule has 0 saturated carbocycles. The summed E-state index contributed by atoms with van der Waals surface area (Å²) < 4.78 is 6.16. The van der Waals surface area contributed by atoms with E-state index >= 15 is 0 Å². The standard InChI is InChI=1S/C43H31N3O/c44-42(35-21-17-32(18-22-35)30-9-3-1-4-10-30)46-43(36-23-19-33(20-24-36)31-11-5-2-6-12-31)45-28-29-15-16-34-25-26-40-41(38(34)27-29)37-13-7-8-14-39(37)47-40/h1-27H,28H2,(H2,44,45,46). The van der Waals surface area contributed by atoms with E-state index in [4.69, 9.17) is 20.1 Å². The molecule has 8 rings (SSSR count). The largest absolute Gasteiger partial charge is 0.456 e. The van der Waals surface area contributed by atoms with Gasteiger partial charge in [0.05, 0.1) is 6.54 Å². The van der Waals surface area contributed by atoms with Crippen molar-refractivity contribution in [3.05, 3.63) is 180 Å². The zero-order chi connectivity index (χ0) is 31.6. The molecule has 0 aliphatic carbocycles. The molecule has 224 valence electrons. The zero-order valence-electron chi connectivity index (χ0n) is 25.7. The number of amidine groups is 2. The van der Waals surface area contributed by atoms with Crippen LogP contribution in [0.1, 0.15) is 16.7 Å². The number of aliphatic imine (C=N–C) groups is 2. The number of nitrogens with two attached hydrogens (primary N) is 1. The summed E-state index contributed by atoms with van der Waals surface area (Å²) >= 11 is 0. The SMILES string of the molecule is NC(=NC(=NCc1ccc2ccc3oc4ccccc4c3c2c1)c1ccc(-c2ccccc2)cc1)c1ccc(-c2ccccc2)cc1. The molecule has 0 aliphatic rings. The van der Waals surface area contributed by atoms with Gasteiger partial charge in [-0.1, -0.05) is 146 Å². The van der Waals surface area contributed by atoms with Gasteiger partial charge < -0.3 is 10.2 Å². The van der Waals surface area contributed by atoms with Crippen molar-refractivity contribution in [3.8, 4) is 22.3 Å². The van der Waals surface area contributed by atoms with E-state index in [1.807, 2.05) is 60.7 Å². The third kappa shape index (κ3) is 5.69. The van der Waals surface area contributed by atoms with Crippen LogP contribution in [0.15, 0.2) is 178 Å². The lowest BCUT2D eigenvalue weighted by Crippen LogP contribution is -2.16.